The SMILES string of the molecule is C#CCCC1(CCNC(=O)c2cnn(-c3cccc(C(F)(F)F)c3)c2C)N=N1. The maximum absolute atomic E-state index is 12.9. The van der Waals surface area contributed by atoms with Gasteiger partial charge in [-0.1, -0.05) is 6.07 Å². The number of carbonyl (C=O) groups is 1. The molecule has 9 heteroatoms. The Hall–Kier alpha value is -3.15. The minimum absolute atomic E-state index is 0.232. The number of aromatic nitrogens is 2. The van der Waals surface area contributed by atoms with Gasteiger partial charge in [-0.25, -0.2) is 4.68 Å². The van der Waals surface area contributed by atoms with E-state index in [2.05, 4.69) is 26.6 Å². The Balaban J connectivity index is 1.66. The Bertz CT molecular complexity index is 949. The van der Waals surface area contributed by atoms with Crippen molar-refractivity contribution in [2.45, 2.75) is 38.0 Å². The number of rotatable bonds is 7. The third-order valence-corrected chi connectivity index (χ3v) is 4.54. The first-order valence-electron chi connectivity index (χ1n) is 8.64. The lowest BCUT2D eigenvalue weighted by Gasteiger charge is -2.11. The normalized spacial score (nSPS) is 14.5. The zero-order chi connectivity index (χ0) is 20.4. The van der Waals surface area contributed by atoms with E-state index in [-0.39, 0.29) is 11.6 Å². The van der Waals surface area contributed by atoms with Crippen LogP contribution in [0, 0.1) is 19.3 Å². The highest BCUT2D eigenvalue weighted by atomic mass is 19.4. The van der Waals surface area contributed by atoms with Crippen LogP contribution >= 0.6 is 0 Å². The molecule has 1 aliphatic heterocycles. The molecule has 1 N–H and O–H groups in total. The van der Waals surface area contributed by atoms with Crippen LogP contribution < -0.4 is 5.32 Å². The molecule has 1 amide bonds. The summed E-state index contributed by atoms with van der Waals surface area (Å²) in [6.45, 7) is 1.98. The van der Waals surface area contributed by atoms with Crippen molar-refractivity contribution in [3.8, 4) is 18.0 Å². The summed E-state index contributed by atoms with van der Waals surface area (Å²) in [6.07, 6.45) is 3.87. The van der Waals surface area contributed by atoms with Crippen LogP contribution in [0.25, 0.3) is 5.69 Å². The first-order valence-corrected chi connectivity index (χ1v) is 8.64. The standard InChI is InChI=1S/C19H18F3N5O/c1-3-4-8-18(25-26-18)9-10-23-17(28)16-12-24-27(13(16)2)15-7-5-6-14(11-15)19(20,21)22/h1,5-7,11-12H,4,8-10H2,2H3,(H,23,28). The molecular formula is C19H18F3N5O. The summed E-state index contributed by atoms with van der Waals surface area (Å²) in [5.41, 5.74) is -0.300. The number of alkyl halides is 3. The Morgan fingerprint density at radius 1 is 1.32 bits per heavy atom. The van der Waals surface area contributed by atoms with Gasteiger partial charge in [0.1, 0.15) is 0 Å². The number of hydrogen-bond acceptors (Lipinski definition) is 4. The van der Waals surface area contributed by atoms with Crippen molar-refractivity contribution in [2.75, 3.05) is 6.54 Å². The lowest BCUT2D eigenvalue weighted by Crippen LogP contribution is -2.28. The molecule has 0 spiro atoms. The van der Waals surface area contributed by atoms with Crippen LogP contribution in [-0.2, 0) is 6.18 Å². The monoisotopic (exact) mass is 389 g/mol. The van der Waals surface area contributed by atoms with Gasteiger partial charge in [0.05, 0.1) is 28.7 Å². The van der Waals surface area contributed by atoms with Gasteiger partial charge in [-0.05, 0) is 25.1 Å². The third kappa shape index (κ3) is 4.22. The van der Waals surface area contributed by atoms with Crippen LogP contribution in [-0.4, -0.2) is 27.9 Å². The van der Waals surface area contributed by atoms with Gasteiger partial charge in [-0.2, -0.15) is 28.5 Å². The number of benzene rings is 1. The van der Waals surface area contributed by atoms with E-state index < -0.39 is 17.4 Å². The average molecular weight is 389 g/mol. The molecule has 2 heterocycles. The van der Waals surface area contributed by atoms with Crippen LogP contribution in [0.4, 0.5) is 13.2 Å². The summed E-state index contributed by atoms with van der Waals surface area (Å²) >= 11 is 0. The minimum atomic E-state index is -4.45. The fourth-order valence-corrected chi connectivity index (χ4v) is 2.85. The highest BCUT2D eigenvalue weighted by molar-refractivity contribution is 5.95. The summed E-state index contributed by atoms with van der Waals surface area (Å²) in [6, 6.07) is 4.78. The molecule has 0 unspecified atom stereocenters. The van der Waals surface area contributed by atoms with Gasteiger partial charge >= 0.3 is 6.18 Å². The Morgan fingerprint density at radius 2 is 2.07 bits per heavy atom. The average Bonchev–Trinajstić information content (AvgIpc) is 3.32. The Morgan fingerprint density at radius 3 is 2.71 bits per heavy atom. The number of carbonyl (C=O) groups excluding carboxylic acids is 1. The lowest BCUT2D eigenvalue weighted by molar-refractivity contribution is -0.137. The van der Waals surface area contributed by atoms with Gasteiger partial charge in [0.2, 0.25) is 0 Å². The van der Waals surface area contributed by atoms with E-state index in [0.29, 0.717) is 37.1 Å². The van der Waals surface area contributed by atoms with Crippen LogP contribution in [0.3, 0.4) is 0 Å². The number of halogens is 3. The highest BCUT2D eigenvalue weighted by Crippen LogP contribution is 2.36. The molecule has 1 aromatic carbocycles. The van der Waals surface area contributed by atoms with Crippen molar-refractivity contribution >= 4 is 5.91 Å². The van der Waals surface area contributed by atoms with Crippen LogP contribution in [0.1, 0.15) is 40.9 Å². The number of nitrogens with zero attached hydrogens (tertiary/aromatic N) is 4. The first-order chi connectivity index (χ1) is 13.3. The first kappa shape index (κ1) is 19.6. The van der Waals surface area contributed by atoms with Crippen molar-refractivity contribution in [3.05, 3.63) is 47.3 Å². The Kier molecular flexibility index (Phi) is 5.23. The second kappa shape index (κ2) is 7.46. The molecule has 28 heavy (non-hydrogen) atoms. The van der Waals surface area contributed by atoms with E-state index in [0.717, 1.165) is 12.1 Å². The largest absolute Gasteiger partial charge is 0.416 e. The zero-order valence-electron chi connectivity index (χ0n) is 15.1. The van der Waals surface area contributed by atoms with Crippen molar-refractivity contribution in [1.29, 1.82) is 0 Å². The highest BCUT2D eigenvalue weighted by Gasteiger charge is 2.38. The van der Waals surface area contributed by atoms with E-state index in [1.807, 2.05) is 0 Å². The molecule has 0 saturated heterocycles. The van der Waals surface area contributed by atoms with Crippen LogP contribution in [0.2, 0.25) is 0 Å². The van der Waals surface area contributed by atoms with Crippen molar-refractivity contribution in [1.82, 2.24) is 15.1 Å². The zero-order valence-corrected chi connectivity index (χ0v) is 15.1. The molecule has 0 saturated carbocycles. The number of terminal acetylenes is 1. The summed E-state index contributed by atoms with van der Waals surface area (Å²) in [5.74, 6) is 2.18. The van der Waals surface area contributed by atoms with E-state index in [4.69, 9.17) is 6.42 Å². The van der Waals surface area contributed by atoms with Gasteiger partial charge in [0.15, 0.2) is 5.66 Å². The van der Waals surface area contributed by atoms with Gasteiger partial charge in [-0.3, -0.25) is 4.79 Å². The maximum atomic E-state index is 12.9. The smallest absolute Gasteiger partial charge is 0.352 e. The molecule has 0 atom stereocenters. The summed E-state index contributed by atoms with van der Waals surface area (Å²) in [4.78, 5) is 12.4. The molecule has 0 radical (unpaired) electrons. The predicted molar refractivity (Wildman–Crippen MR) is 95.9 cm³/mol. The van der Waals surface area contributed by atoms with Gasteiger partial charge in [0.25, 0.3) is 5.91 Å². The number of hydrogen-bond donors (Lipinski definition) is 1. The van der Waals surface area contributed by atoms with Gasteiger partial charge in [-0.15, -0.1) is 12.3 Å². The van der Waals surface area contributed by atoms with E-state index in [1.54, 1.807) is 6.92 Å². The Labute approximate surface area is 159 Å². The molecule has 1 aliphatic rings. The van der Waals surface area contributed by atoms with Crippen molar-refractivity contribution in [2.24, 2.45) is 10.2 Å². The van der Waals surface area contributed by atoms with E-state index in [9.17, 15) is 18.0 Å². The molecule has 146 valence electrons. The van der Waals surface area contributed by atoms with E-state index in [1.165, 1.54) is 23.0 Å². The van der Waals surface area contributed by atoms with Gasteiger partial charge < -0.3 is 5.32 Å². The molecule has 3 rings (SSSR count). The topological polar surface area (TPSA) is 71.6 Å². The molecular weight excluding hydrogens is 371 g/mol. The van der Waals surface area contributed by atoms with E-state index >= 15 is 0 Å². The predicted octanol–water partition coefficient (Wildman–Crippen LogP) is 3.89. The quantitative estimate of drug-likeness (QED) is 0.730. The molecule has 0 bridgehead atoms. The summed E-state index contributed by atoms with van der Waals surface area (Å²) < 4.78 is 40.1. The maximum Gasteiger partial charge on any atom is 0.416 e. The fourth-order valence-electron chi connectivity index (χ4n) is 2.85. The molecule has 1 aromatic heterocycles. The lowest BCUT2D eigenvalue weighted by atomic mass is 10.0. The minimum Gasteiger partial charge on any atom is -0.352 e. The number of nitrogens with one attached hydrogen (secondary N) is 1. The third-order valence-electron chi connectivity index (χ3n) is 4.54. The van der Waals surface area contributed by atoms with Crippen molar-refractivity contribution in [3.63, 3.8) is 0 Å². The molecule has 6 nitrogen and oxygen atoms in total. The summed E-state index contributed by atoms with van der Waals surface area (Å²) in [7, 11) is 0. The summed E-state index contributed by atoms with van der Waals surface area (Å²) in [5, 5.41) is 14.8. The molecule has 0 fully saturated rings. The fraction of sp³-hybridized carbons (Fsp3) is 0.368. The van der Waals surface area contributed by atoms with Crippen LogP contribution in [0.15, 0.2) is 40.7 Å². The van der Waals surface area contributed by atoms with Crippen LogP contribution in [0.5, 0.6) is 0 Å². The van der Waals surface area contributed by atoms with Gasteiger partial charge in [0, 0.05) is 25.8 Å². The molecule has 2 aromatic rings. The second-order valence-corrected chi connectivity index (χ2v) is 6.50. The molecule has 0 aliphatic carbocycles. The van der Waals surface area contributed by atoms with Crippen molar-refractivity contribution < 1.29 is 18.0 Å². The number of amides is 1. The second-order valence-electron chi connectivity index (χ2n) is 6.50.